The first kappa shape index (κ1) is 19.2. The summed E-state index contributed by atoms with van der Waals surface area (Å²) in [4.78, 5) is 0. The van der Waals surface area contributed by atoms with E-state index in [-0.39, 0.29) is 5.02 Å². The molecule has 136 valence electrons. The van der Waals surface area contributed by atoms with Gasteiger partial charge in [-0.25, -0.2) is 4.39 Å². The Kier molecular flexibility index (Phi) is 5.29. The number of nitrogens with two attached hydrogens (primary N) is 1. The van der Waals surface area contributed by atoms with Crippen LogP contribution in [0.3, 0.4) is 0 Å². The molecule has 0 spiro atoms. The highest BCUT2D eigenvalue weighted by Gasteiger charge is 2.55. The fourth-order valence-electron chi connectivity index (χ4n) is 3.70. The summed E-state index contributed by atoms with van der Waals surface area (Å²) in [5, 5.41) is 0.0475. The Labute approximate surface area is 166 Å². The Morgan fingerprint density at radius 2 is 1.88 bits per heavy atom. The molecule has 0 amide bonds. The van der Waals surface area contributed by atoms with Crippen LogP contribution in [0.5, 0.6) is 5.75 Å². The first-order valence-electron chi connectivity index (χ1n) is 8.30. The van der Waals surface area contributed by atoms with E-state index in [9.17, 15) is 4.39 Å². The lowest BCUT2D eigenvalue weighted by Crippen LogP contribution is -2.60. The van der Waals surface area contributed by atoms with Crippen LogP contribution in [0.4, 0.5) is 4.39 Å². The quantitative estimate of drug-likeness (QED) is 0.450. The monoisotopic (exact) mass is 435 g/mol. The maximum Gasteiger partial charge on any atom is 0.157 e. The van der Waals surface area contributed by atoms with Gasteiger partial charge in [0.15, 0.2) is 5.60 Å². The van der Waals surface area contributed by atoms with Crippen LogP contribution in [0, 0.1) is 5.82 Å². The van der Waals surface area contributed by atoms with Gasteiger partial charge in [-0.3, -0.25) is 0 Å². The molecular formula is C21H20BrClFNO. The molecule has 0 radical (unpaired) electrons. The molecule has 0 aromatic heterocycles. The van der Waals surface area contributed by atoms with Crippen LogP contribution in [0.15, 0.2) is 66.2 Å². The van der Waals surface area contributed by atoms with Gasteiger partial charge in [0.05, 0.1) is 10.6 Å². The molecule has 0 saturated heterocycles. The summed E-state index contributed by atoms with van der Waals surface area (Å²) >= 11 is 9.51. The lowest BCUT2D eigenvalue weighted by molar-refractivity contribution is 0.00545. The number of fused-ring (bicyclic) bond motifs is 1. The number of benzene rings is 2. The predicted molar refractivity (Wildman–Crippen MR) is 108 cm³/mol. The fraction of sp³-hybridized carbons (Fsp3) is 0.238. The molecule has 26 heavy (non-hydrogen) atoms. The van der Waals surface area contributed by atoms with E-state index >= 15 is 0 Å². The van der Waals surface area contributed by atoms with Crippen molar-refractivity contribution in [3.63, 3.8) is 0 Å². The van der Waals surface area contributed by atoms with Crippen molar-refractivity contribution in [2.24, 2.45) is 5.73 Å². The van der Waals surface area contributed by atoms with Crippen LogP contribution in [0.2, 0.25) is 5.02 Å². The Bertz CT molecular complexity index is 845. The second kappa shape index (κ2) is 7.18. The Hall–Kier alpha value is -1.62. The van der Waals surface area contributed by atoms with E-state index in [0.717, 1.165) is 11.1 Å². The average molecular weight is 437 g/mol. The van der Waals surface area contributed by atoms with E-state index in [2.05, 4.69) is 29.1 Å². The highest BCUT2D eigenvalue weighted by atomic mass is 79.9. The zero-order chi connectivity index (χ0) is 18.9. The van der Waals surface area contributed by atoms with Crippen molar-refractivity contribution >= 4 is 27.5 Å². The SMILES string of the molecule is C=CCC(N)(CC=C)[C@@]1(c2ccccc2)Cc2c(cc(F)c(Cl)c2Br)O1. The van der Waals surface area contributed by atoms with Crippen molar-refractivity contribution in [2.45, 2.75) is 30.4 Å². The highest BCUT2D eigenvalue weighted by molar-refractivity contribution is 9.10. The van der Waals surface area contributed by atoms with Gasteiger partial charge in [0, 0.05) is 22.5 Å². The summed E-state index contributed by atoms with van der Waals surface area (Å²) < 4.78 is 21.1. The van der Waals surface area contributed by atoms with E-state index in [0.29, 0.717) is 29.5 Å². The number of rotatable bonds is 6. The van der Waals surface area contributed by atoms with Crippen LogP contribution in [-0.4, -0.2) is 5.54 Å². The van der Waals surface area contributed by atoms with Crippen molar-refractivity contribution in [1.29, 1.82) is 0 Å². The van der Waals surface area contributed by atoms with Gasteiger partial charge >= 0.3 is 0 Å². The summed E-state index contributed by atoms with van der Waals surface area (Å²) in [5.74, 6) is -0.0817. The average Bonchev–Trinajstić information content (AvgIpc) is 3.02. The fourth-order valence-corrected chi connectivity index (χ4v) is 4.39. The van der Waals surface area contributed by atoms with Crippen LogP contribution < -0.4 is 10.5 Å². The van der Waals surface area contributed by atoms with Gasteiger partial charge in [-0.15, -0.1) is 13.2 Å². The largest absolute Gasteiger partial charge is 0.480 e. The Morgan fingerprint density at radius 1 is 1.27 bits per heavy atom. The number of hydrogen-bond acceptors (Lipinski definition) is 2. The van der Waals surface area contributed by atoms with Crippen molar-refractivity contribution in [1.82, 2.24) is 0 Å². The minimum atomic E-state index is -0.890. The molecule has 1 heterocycles. The van der Waals surface area contributed by atoms with Crippen LogP contribution in [0.1, 0.15) is 24.0 Å². The topological polar surface area (TPSA) is 35.2 Å². The van der Waals surface area contributed by atoms with Crippen LogP contribution in [-0.2, 0) is 12.0 Å². The van der Waals surface area contributed by atoms with E-state index in [1.807, 2.05) is 30.3 Å². The van der Waals surface area contributed by atoms with Gasteiger partial charge in [-0.1, -0.05) is 54.1 Å². The van der Waals surface area contributed by atoms with Crippen molar-refractivity contribution < 1.29 is 9.13 Å². The number of halogens is 3. The summed E-state index contributed by atoms with van der Waals surface area (Å²) in [5.41, 5.74) is 6.92. The second-order valence-electron chi connectivity index (χ2n) is 6.58. The molecule has 0 bridgehead atoms. The summed E-state index contributed by atoms with van der Waals surface area (Å²) in [6.07, 6.45) is 5.04. The number of ether oxygens (including phenoxy) is 1. The maximum atomic E-state index is 14.2. The molecule has 1 atom stereocenters. The predicted octanol–water partition coefficient (Wildman–Crippen LogP) is 5.92. The van der Waals surface area contributed by atoms with Gasteiger partial charge in [-0.05, 0) is 34.3 Å². The van der Waals surface area contributed by atoms with Crippen molar-refractivity contribution in [2.75, 3.05) is 0 Å². The first-order valence-corrected chi connectivity index (χ1v) is 9.47. The van der Waals surface area contributed by atoms with Gasteiger partial charge < -0.3 is 10.5 Å². The van der Waals surface area contributed by atoms with Gasteiger partial charge in [0.1, 0.15) is 11.6 Å². The lowest BCUT2D eigenvalue weighted by atomic mass is 9.69. The van der Waals surface area contributed by atoms with E-state index in [1.54, 1.807) is 12.2 Å². The second-order valence-corrected chi connectivity index (χ2v) is 7.75. The van der Waals surface area contributed by atoms with Crippen LogP contribution in [0.25, 0.3) is 0 Å². The molecule has 1 aliphatic heterocycles. The minimum Gasteiger partial charge on any atom is -0.480 e. The first-order chi connectivity index (χ1) is 12.4. The Balaban J connectivity index is 2.23. The normalized spacial score (nSPS) is 18.9. The Morgan fingerprint density at radius 3 is 2.46 bits per heavy atom. The molecular weight excluding hydrogens is 417 g/mol. The lowest BCUT2D eigenvalue weighted by Gasteiger charge is -2.45. The third-order valence-electron chi connectivity index (χ3n) is 4.99. The van der Waals surface area contributed by atoms with Gasteiger partial charge in [0.2, 0.25) is 0 Å². The van der Waals surface area contributed by atoms with Gasteiger partial charge in [-0.2, -0.15) is 0 Å². The van der Waals surface area contributed by atoms with E-state index < -0.39 is 17.0 Å². The van der Waals surface area contributed by atoms with Crippen molar-refractivity contribution in [3.05, 3.63) is 88.1 Å². The molecule has 2 aromatic rings. The third kappa shape index (κ3) is 2.90. The molecule has 0 unspecified atom stereocenters. The molecule has 3 rings (SSSR count). The molecule has 2 aromatic carbocycles. The molecule has 0 saturated carbocycles. The zero-order valence-corrected chi connectivity index (χ0v) is 16.6. The third-order valence-corrected chi connectivity index (χ3v) is 6.47. The van der Waals surface area contributed by atoms with Gasteiger partial charge in [0.25, 0.3) is 0 Å². The number of hydrogen-bond donors (Lipinski definition) is 1. The van der Waals surface area contributed by atoms with Crippen LogP contribution >= 0.6 is 27.5 Å². The zero-order valence-electron chi connectivity index (χ0n) is 14.3. The van der Waals surface area contributed by atoms with E-state index in [1.165, 1.54) is 6.07 Å². The molecule has 2 nitrogen and oxygen atoms in total. The smallest absolute Gasteiger partial charge is 0.157 e. The summed E-state index contributed by atoms with van der Waals surface area (Å²) in [7, 11) is 0. The minimum absolute atomic E-state index is 0.0475. The standard InChI is InChI=1S/C21H20BrClFNO/c1-3-10-20(25,11-4-2)21(14-8-6-5-7-9-14)13-15-17(26-21)12-16(24)19(23)18(15)22/h3-9,12H,1-2,10-11,13,25H2/t21-/m0/s1. The summed E-state index contributed by atoms with van der Waals surface area (Å²) in [6, 6.07) is 11.1. The summed E-state index contributed by atoms with van der Waals surface area (Å²) in [6.45, 7) is 7.72. The molecule has 5 heteroatoms. The molecule has 2 N–H and O–H groups in total. The highest BCUT2D eigenvalue weighted by Crippen LogP contribution is 2.52. The van der Waals surface area contributed by atoms with Crippen molar-refractivity contribution in [3.8, 4) is 5.75 Å². The molecule has 0 aliphatic carbocycles. The van der Waals surface area contributed by atoms with E-state index in [4.69, 9.17) is 22.1 Å². The molecule has 0 fully saturated rings. The maximum absolute atomic E-state index is 14.2. The molecule has 1 aliphatic rings.